The molecule has 4 nitrogen and oxygen atoms in total. The van der Waals surface area contributed by atoms with Gasteiger partial charge in [0.15, 0.2) is 10.3 Å². The first-order valence-electron chi connectivity index (χ1n) is 9.12. The molecule has 0 bridgehead atoms. The number of thiazole rings is 2. The van der Waals surface area contributed by atoms with Crippen LogP contribution in [-0.2, 0) is 0 Å². The fourth-order valence-corrected chi connectivity index (χ4v) is 4.59. The fourth-order valence-electron chi connectivity index (χ4n) is 2.94. The Kier molecular flexibility index (Phi) is 5.15. The van der Waals surface area contributed by atoms with E-state index in [9.17, 15) is 0 Å². The minimum Gasteiger partial charge on any atom is -0.331 e. The zero-order chi connectivity index (χ0) is 19.7. The first-order valence-corrected chi connectivity index (χ1v) is 10.7. The highest BCUT2D eigenvalue weighted by Gasteiger charge is 2.13. The molecule has 2 heterocycles. The van der Waals surface area contributed by atoms with Gasteiger partial charge in [0.1, 0.15) is 0 Å². The molecular weight excluding hydrogens is 384 g/mol. The quantitative estimate of drug-likeness (QED) is 0.375. The number of nitrogens with one attached hydrogen (secondary N) is 2. The predicted octanol–water partition coefficient (Wildman–Crippen LogP) is 6.99. The first kappa shape index (κ1) is 18.7. The lowest BCUT2D eigenvalue weighted by Gasteiger charge is -2.14. The third kappa shape index (κ3) is 3.79. The molecule has 0 aliphatic carbocycles. The summed E-state index contributed by atoms with van der Waals surface area (Å²) in [5, 5.41) is 8.84. The summed E-state index contributed by atoms with van der Waals surface area (Å²) in [6.07, 6.45) is 0. The van der Waals surface area contributed by atoms with Crippen LogP contribution in [0.1, 0.15) is 21.1 Å². The molecule has 0 unspecified atom stereocenters. The molecule has 0 fully saturated rings. The normalized spacial score (nSPS) is 10.9. The second-order valence-corrected chi connectivity index (χ2v) is 9.07. The van der Waals surface area contributed by atoms with E-state index in [1.807, 2.05) is 26.0 Å². The van der Waals surface area contributed by atoms with Gasteiger partial charge in [-0.25, -0.2) is 9.97 Å². The van der Waals surface area contributed by atoms with Crippen LogP contribution in [0.4, 0.5) is 21.6 Å². The minimum atomic E-state index is 0.916. The molecule has 28 heavy (non-hydrogen) atoms. The standard InChI is InChI=1S/C22H22N4S2/c1-13-15(3)27-21(23-13)25-19-11-7-5-9-17(19)18-10-6-8-12-20(18)26-22-24-14(2)16(4)28-22/h5-12H,1-4H3,(H,23,25)(H,24,26). The van der Waals surface area contributed by atoms with Crippen molar-refractivity contribution in [1.82, 2.24) is 9.97 Å². The van der Waals surface area contributed by atoms with Crippen LogP contribution >= 0.6 is 22.7 Å². The number of para-hydroxylation sites is 2. The lowest BCUT2D eigenvalue weighted by atomic mass is 10.0. The van der Waals surface area contributed by atoms with Crippen LogP contribution in [0.15, 0.2) is 48.5 Å². The van der Waals surface area contributed by atoms with Crippen molar-refractivity contribution in [2.24, 2.45) is 0 Å². The maximum Gasteiger partial charge on any atom is 0.187 e. The monoisotopic (exact) mass is 406 g/mol. The first-order chi connectivity index (χ1) is 13.5. The van der Waals surface area contributed by atoms with Gasteiger partial charge in [-0.3, -0.25) is 0 Å². The van der Waals surface area contributed by atoms with E-state index >= 15 is 0 Å². The van der Waals surface area contributed by atoms with Crippen molar-refractivity contribution in [3.63, 3.8) is 0 Å². The van der Waals surface area contributed by atoms with E-state index in [4.69, 9.17) is 0 Å². The SMILES string of the molecule is Cc1nc(Nc2ccccc2-c2ccccc2Nc2nc(C)c(C)s2)sc1C. The van der Waals surface area contributed by atoms with Crippen LogP contribution in [0, 0.1) is 27.7 Å². The van der Waals surface area contributed by atoms with Gasteiger partial charge in [0.25, 0.3) is 0 Å². The molecule has 0 radical (unpaired) electrons. The topological polar surface area (TPSA) is 49.8 Å². The van der Waals surface area contributed by atoms with Gasteiger partial charge in [-0.05, 0) is 39.8 Å². The number of aryl methyl sites for hydroxylation is 4. The Labute approximate surface area is 173 Å². The molecule has 0 aliphatic rings. The van der Waals surface area contributed by atoms with Gasteiger partial charge in [-0.2, -0.15) is 0 Å². The third-order valence-electron chi connectivity index (χ3n) is 4.68. The molecular formula is C22H22N4S2. The average molecular weight is 407 g/mol. The van der Waals surface area contributed by atoms with Gasteiger partial charge in [0.2, 0.25) is 0 Å². The molecule has 4 rings (SSSR count). The van der Waals surface area contributed by atoms with E-state index in [1.165, 1.54) is 9.75 Å². The zero-order valence-electron chi connectivity index (χ0n) is 16.3. The molecule has 0 atom stereocenters. The molecule has 142 valence electrons. The largest absolute Gasteiger partial charge is 0.331 e. The average Bonchev–Trinajstić information content (AvgIpc) is 3.16. The number of anilines is 4. The predicted molar refractivity (Wildman–Crippen MR) is 122 cm³/mol. The molecule has 0 saturated heterocycles. The number of nitrogens with zero attached hydrogens (tertiary/aromatic N) is 2. The Balaban J connectivity index is 1.71. The summed E-state index contributed by atoms with van der Waals surface area (Å²) in [4.78, 5) is 11.7. The van der Waals surface area contributed by atoms with E-state index in [0.29, 0.717) is 0 Å². The van der Waals surface area contributed by atoms with Gasteiger partial charge in [0, 0.05) is 32.3 Å². The van der Waals surface area contributed by atoms with Crippen molar-refractivity contribution in [2.45, 2.75) is 27.7 Å². The number of hydrogen-bond donors (Lipinski definition) is 2. The summed E-state index contributed by atoms with van der Waals surface area (Å²) in [5.74, 6) is 0. The summed E-state index contributed by atoms with van der Waals surface area (Å²) < 4.78 is 0. The summed E-state index contributed by atoms with van der Waals surface area (Å²) in [5.41, 5.74) is 6.47. The Morgan fingerprint density at radius 2 is 1.00 bits per heavy atom. The zero-order valence-corrected chi connectivity index (χ0v) is 18.0. The van der Waals surface area contributed by atoms with E-state index in [1.54, 1.807) is 22.7 Å². The van der Waals surface area contributed by atoms with E-state index in [2.05, 4.69) is 70.8 Å². The van der Waals surface area contributed by atoms with Crippen molar-refractivity contribution in [3.8, 4) is 11.1 Å². The van der Waals surface area contributed by atoms with Crippen LogP contribution in [0.2, 0.25) is 0 Å². The molecule has 6 heteroatoms. The van der Waals surface area contributed by atoms with Gasteiger partial charge < -0.3 is 10.6 Å². The Morgan fingerprint density at radius 1 is 0.607 bits per heavy atom. The van der Waals surface area contributed by atoms with Crippen LogP contribution in [-0.4, -0.2) is 9.97 Å². The summed E-state index contributed by atoms with van der Waals surface area (Å²) in [6.45, 7) is 8.28. The lowest BCUT2D eigenvalue weighted by molar-refractivity contribution is 1.23. The molecule has 0 saturated carbocycles. The van der Waals surface area contributed by atoms with Gasteiger partial charge in [0.05, 0.1) is 11.4 Å². The van der Waals surface area contributed by atoms with E-state index < -0.39 is 0 Å². The highest BCUT2D eigenvalue weighted by molar-refractivity contribution is 7.16. The van der Waals surface area contributed by atoms with Crippen molar-refractivity contribution in [3.05, 3.63) is 69.7 Å². The second-order valence-electron chi connectivity index (χ2n) is 6.66. The fraction of sp³-hybridized carbons (Fsp3) is 0.182. The van der Waals surface area contributed by atoms with E-state index in [-0.39, 0.29) is 0 Å². The lowest BCUT2D eigenvalue weighted by Crippen LogP contribution is -1.96. The van der Waals surface area contributed by atoms with Crippen molar-refractivity contribution in [2.75, 3.05) is 10.6 Å². The van der Waals surface area contributed by atoms with E-state index in [0.717, 1.165) is 44.2 Å². The molecule has 2 aromatic heterocycles. The summed E-state index contributed by atoms with van der Waals surface area (Å²) >= 11 is 3.36. The smallest absolute Gasteiger partial charge is 0.187 e. The number of benzene rings is 2. The van der Waals surface area contributed by atoms with Crippen molar-refractivity contribution < 1.29 is 0 Å². The number of hydrogen-bond acceptors (Lipinski definition) is 6. The highest BCUT2D eigenvalue weighted by atomic mass is 32.1. The Hall–Kier alpha value is -2.70. The summed E-state index contributed by atoms with van der Waals surface area (Å²) in [6, 6.07) is 16.7. The number of aromatic nitrogens is 2. The van der Waals surface area contributed by atoms with Crippen LogP contribution in [0.25, 0.3) is 11.1 Å². The van der Waals surface area contributed by atoms with Crippen LogP contribution < -0.4 is 10.6 Å². The van der Waals surface area contributed by atoms with Crippen LogP contribution in [0.3, 0.4) is 0 Å². The van der Waals surface area contributed by atoms with Gasteiger partial charge in [-0.15, -0.1) is 22.7 Å². The second kappa shape index (κ2) is 7.73. The molecule has 0 spiro atoms. The Morgan fingerprint density at radius 3 is 1.36 bits per heavy atom. The van der Waals surface area contributed by atoms with Crippen LogP contribution in [0.5, 0.6) is 0 Å². The van der Waals surface area contributed by atoms with Gasteiger partial charge in [-0.1, -0.05) is 36.4 Å². The molecule has 4 aromatic rings. The highest BCUT2D eigenvalue weighted by Crippen LogP contribution is 2.37. The summed E-state index contributed by atoms with van der Waals surface area (Å²) in [7, 11) is 0. The third-order valence-corrected chi connectivity index (χ3v) is 6.66. The maximum absolute atomic E-state index is 4.63. The molecule has 0 aliphatic heterocycles. The Bertz CT molecular complexity index is 999. The van der Waals surface area contributed by atoms with Gasteiger partial charge >= 0.3 is 0 Å². The number of rotatable bonds is 5. The molecule has 2 N–H and O–H groups in total. The van der Waals surface area contributed by atoms with Crippen molar-refractivity contribution in [1.29, 1.82) is 0 Å². The molecule has 2 aromatic carbocycles. The minimum absolute atomic E-state index is 0.916. The van der Waals surface area contributed by atoms with Crippen molar-refractivity contribution >= 4 is 44.3 Å². The maximum atomic E-state index is 4.63. The molecule has 0 amide bonds.